The molecule has 106 valence electrons. The van der Waals surface area contributed by atoms with Crippen LogP contribution in [0.25, 0.3) is 0 Å². The van der Waals surface area contributed by atoms with E-state index in [1.165, 1.54) is 17.0 Å². The molecule has 0 radical (unpaired) electrons. The van der Waals surface area contributed by atoms with E-state index >= 15 is 0 Å². The van der Waals surface area contributed by atoms with Gasteiger partial charge in [0.2, 0.25) is 0 Å². The molecule has 0 aliphatic heterocycles. The first kappa shape index (κ1) is 14.3. The Bertz CT molecular complexity index is 586. The fourth-order valence-electron chi connectivity index (χ4n) is 1.95. The van der Waals surface area contributed by atoms with Gasteiger partial charge in [-0.2, -0.15) is 0 Å². The molecule has 2 rings (SSSR count). The van der Waals surface area contributed by atoms with Crippen molar-refractivity contribution in [3.8, 4) is 0 Å². The predicted octanol–water partition coefficient (Wildman–Crippen LogP) is 2.99. The van der Waals surface area contributed by atoms with E-state index in [0.29, 0.717) is 11.4 Å². The monoisotopic (exact) mass is 292 g/mol. The van der Waals surface area contributed by atoms with Gasteiger partial charge < -0.3 is 10.7 Å². The molecule has 1 aromatic carbocycles. The lowest BCUT2D eigenvalue weighted by Crippen LogP contribution is -2.18. The van der Waals surface area contributed by atoms with Gasteiger partial charge in [-0.3, -0.25) is 16.0 Å². The third-order valence-corrected chi connectivity index (χ3v) is 3.69. The van der Waals surface area contributed by atoms with Crippen molar-refractivity contribution in [2.75, 3.05) is 10.7 Å². The largest absolute Gasteiger partial charge is 0.382 e. The van der Waals surface area contributed by atoms with E-state index < -0.39 is 4.92 Å². The van der Waals surface area contributed by atoms with Crippen LogP contribution in [-0.4, -0.2) is 11.0 Å². The Labute approximate surface area is 120 Å². The molecule has 0 bridgehead atoms. The van der Waals surface area contributed by atoms with Gasteiger partial charge in [-0.15, -0.1) is 11.3 Å². The second-order valence-corrected chi connectivity index (χ2v) is 5.53. The van der Waals surface area contributed by atoms with Gasteiger partial charge in [0.15, 0.2) is 0 Å². The van der Waals surface area contributed by atoms with Gasteiger partial charge in [0.25, 0.3) is 5.69 Å². The van der Waals surface area contributed by atoms with Crippen molar-refractivity contribution in [2.45, 2.75) is 19.4 Å². The molecule has 1 unspecified atom stereocenters. The van der Waals surface area contributed by atoms with Crippen LogP contribution in [0.2, 0.25) is 0 Å². The molecule has 0 saturated heterocycles. The number of nitro benzene ring substituents is 1. The smallest absolute Gasteiger partial charge is 0.273 e. The van der Waals surface area contributed by atoms with Gasteiger partial charge in [-0.05, 0) is 24.4 Å². The highest BCUT2D eigenvalue weighted by atomic mass is 32.1. The summed E-state index contributed by atoms with van der Waals surface area (Å²) in [5.74, 6) is 5.33. The first-order valence-corrected chi connectivity index (χ1v) is 7.01. The van der Waals surface area contributed by atoms with Crippen molar-refractivity contribution in [1.82, 2.24) is 0 Å². The molecule has 1 aromatic heterocycles. The highest BCUT2D eigenvalue weighted by Crippen LogP contribution is 2.25. The zero-order valence-electron chi connectivity index (χ0n) is 11.0. The maximum absolute atomic E-state index is 10.9. The average Bonchev–Trinajstić information content (AvgIpc) is 2.90. The number of hydrogen-bond acceptors (Lipinski definition) is 6. The first-order valence-electron chi connectivity index (χ1n) is 6.13. The summed E-state index contributed by atoms with van der Waals surface area (Å²) in [4.78, 5) is 11.7. The number of benzene rings is 1. The molecule has 20 heavy (non-hydrogen) atoms. The summed E-state index contributed by atoms with van der Waals surface area (Å²) in [6.45, 7) is 2.04. The van der Waals surface area contributed by atoms with Crippen molar-refractivity contribution in [2.24, 2.45) is 5.84 Å². The lowest BCUT2D eigenvalue weighted by Gasteiger charge is -2.15. The Morgan fingerprint density at radius 3 is 2.75 bits per heavy atom. The zero-order valence-corrected chi connectivity index (χ0v) is 11.8. The van der Waals surface area contributed by atoms with Crippen molar-refractivity contribution in [1.29, 1.82) is 0 Å². The second kappa shape index (κ2) is 6.36. The molecule has 0 amide bonds. The van der Waals surface area contributed by atoms with Crippen LogP contribution in [0.1, 0.15) is 11.8 Å². The van der Waals surface area contributed by atoms with Crippen LogP contribution in [0, 0.1) is 10.1 Å². The Hall–Kier alpha value is -2.12. The van der Waals surface area contributed by atoms with Gasteiger partial charge in [0.05, 0.1) is 10.6 Å². The number of nitrogens with zero attached hydrogens (tertiary/aromatic N) is 1. The number of nitro groups is 1. The first-order chi connectivity index (χ1) is 9.58. The van der Waals surface area contributed by atoms with Crippen LogP contribution < -0.4 is 16.6 Å². The molecule has 0 spiro atoms. The van der Waals surface area contributed by atoms with Gasteiger partial charge >= 0.3 is 0 Å². The molecule has 1 atom stereocenters. The minimum Gasteiger partial charge on any atom is -0.382 e. The van der Waals surface area contributed by atoms with Crippen LogP contribution in [-0.2, 0) is 6.42 Å². The third-order valence-electron chi connectivity index (χ3n) is 2.80. The van der Waals surface area contributed by atoms with Crippen LogP contribution in [0.5, 0.6) is 0 Å². The van der Waals surface area contributed by atoms with Crippen LogP contribution in [0.3, 0.4) is 0 Å². The molecular formula is C13H16N4O2S. The maximum atomic E-state index is 10.9. The number of rotatable bonds is 6. The van der Waals surface area contributed by atoms with E-state index in [-0.39, 0.29) is 11.7 Å². The SMILES string of the molecule is CC(Cc1cccs1)Nc1cc(NN)cc([N+](=O)[O-])c1. The number of hydrogen-bond donors (Lipinski definition) is 3. The minimum absolute atomic E-state index is 0.00581. The van der Waals surface area contributed by atoms with Crippen molar-refractivity contribution in [3.63, 3.8) is 0 Å². The maximum Gasteiger partial charge on any atom is 0.273 e. The van der Waals surface area contributed by atoms with E-state index in [1.54, 1.807) is 17.4 Å². The van der Waals surface area contributed by atoms with Crippen LogP contribution in [0.15, 0.2) is 35.7 Å². The van der Waals surface area contributed by atoms with Gasteiger partial charge in [0.1, 0.15) is 0 Å². The third kappa shape index (κ3) is 3.69. The van der Waals surface area contributed by atoms with Crippen molar-refractivity contribution in [3.05, 3.63) is 50.7 Å². The Balaban J connectivity index is 2.11. The highest BCUT2D eigenvalue weighted by molar-refractivity contribution is 7.09. The Morgan fingerprint density at radius 1 is 1.40 bits per heavy atom. The standard InChI is InChI=1S/C13H16N4O2S/c1-9(5-13-3-2-4-20-13)15-10-6-11(16-14)8-12(7-10)17(18)19/h2-4,6-9,15-16H,5,14H2,1H3. The Morgan fingerprint density at radius 2 is 2.15 bits per heavy atom. The fourth-order valence-corrected chi connectivity index (χ4v) is 2.78. The number of anilines is 2. The summed E-state index contributed by atoms with van der Waals surface area (Å²) in [6, 6.07) is 8.90. The normalized spacial score (nSPS) is 11.9. The molecular weight excluding hydrogens is 276 g/mol. The van der Waals surface area contributed by atoms with E-state index in [2.05, 4.69) is 16.8 Å². The highest BCUT2D eigenvalue weighted by Gasteiger charge is 2.11. The molecule has 2 aromatic rings. The van der Waals surface area contributed by atoms with Crippen molar-refractivity contribution >= 4 is 28.4 Å². The van der Waals surface area contributed by atoms with Gasteiger partial charge in [-0.1, -0.05) is 6.07 Å². The summed E-state index contributed by atoms with van der Waals surface area (Å²) in [7, 11) is 0. The molecule has 0 fully saturated rings. The molecule has 7 heteroatoms. The lowest BCUT2D eigenvalue weighted by atomic mass is 10.2. The van der Waals surface area contributed by atoms with Crippen LogP contribution in [0.4, 0.5) is 17.1 Å². The van der Waals surface area contributed by atoms with E-state index in [1.807, 2.05) is 18.4 Å². The van der Waals surface area contributed by atoms with E-state index in [0.717, 1.165) is 6.42 Å². The molecule has 6 nitrogen and oxygen atoms in total. The second-order valence-electron chi connectivity index (χ2n) is 4.50. The lowest BCUT2D eigenvalue weighted by molar-refractivity contribution is -0.384. The molecule has 4 N–H and O–H groups in total. The zero-order chi connectivity index (χ0) is 14.5. The number of nitrogens with two attached hydrogens (primary N) is 1. The number of thiophene rings is 1. The molecule has 0 saturated carbocycles. The topological polar surface area (TPSA) is 93.2 Å². The van der Waals surface area contributed by atoms with Crippen LogP contribution >= 0.6 is 11.3 Å². The fraction of sp³-hybridized carbons (Fsp3) is 0.231. The van der Waals surface area contributed by atoms with Gasteiger partial charge in [0, 0.05) is 35.2 Å². The summed E-state index contributed by atoms with van der Waals surface area (Å²) in [5, 5.41) is 16.2. The number of nitrogen functional groups attached to an aromatic ring is 1. The summed E-state index contributed by atoms with van der Waals surface area (Å²) < 4.78 is 0. The van der Waals surface area contributed by atoms with Crippen molar-refractivity contribution < 1.29 is 4.92 Å². The Kier molecular flexibility index (Phi) is 4.54. The molecule has 1 heterocycles. The summed E-state index contributed by atoms with van der Waals surface area (Å²) in [5.41, 5.74) is 3.63. The summed E-state index contributed by atoms with van der Waals surface area (Å²) in [6.07, 6.45) is 0.867. The quantitative estimate of drug-likeness (QED) is 0.432. The number of hydrazine groups is 1. The molecule has 0 aliphatic carbocycles. The molecule has 0 aliphatic rings. The summed E-state index contributed by atoms with van der Waals surface area (Å²) >= 11 is 1.70. The van der Waals surface area contributed by atoms with Gasteiger partial charge in [-0.25, -0.2) is 0 Å². The van der Waals surface area contributed by atoms with E-state index in [9.17, 15) is 10.1 Å². The number of nitrogens with one attached hydrogen (secondary N) is 2. The minimum atomic E-state index is -0.435. The van der Waals surface area contributed by atoms with E-state index in [4.69, 9.17) is 5.84 Å². The average molecular weight is 292 g/mol. The number of non-ortho nitro benzene ring substituents is 1. The predicted molar refractivity (Wildman–Crippen MR) is 82.0 cm³/mol.